The molecule has 0 aliphatic rings. The highest BCUT2D eigenvalue weighted by atomic mass is 79.9. The zero-order chi connectivity index (χ0) is 9.84. The number of benzene rings is 1. The molecule has 2 nitrogen and oxygen atoms in total. The van der Waals surface area contributed by atoms with Crippen LogP contribution in [0.3, 0.4) is 0 Å². The zero-order valence-electron chi connectivity index (χ0n) is 7.88. The van der Waals surface area contributed by atoms with Crippen molar-refractivity contribution in [2.45, 2.75) is 26.5 Å². The predicted molar refractivity (Wildman–Crippen MR) is 57.8 cm³/mol. The molecule has 0 radical (unpaired) electrons. The van der Waals surface area contributed by atoms with Gasteiger partial charge < -0.3 is 10.5 Å². The Morgan fingerprint density at radius 2 is 2.08 bits per heavy atom. The van der Waals surface area contributed by atoms with E-state index >= 15 is 0 Å². The summed E-state index contributed by atoms with van der Waals surface area (Å²) in [7, 11) is 0. The van der Waals surface area contributed by atoms with Crippen LogP contribution in [0, 0.1) is 0 Å². The third-order valence-corrected chi connectivity index (χ3v) is 2.00. The Hall–Kier alpha value is -0.540. The van der Waals surface area contributed by atoms with Crippen LogP contribution in [0.4, 0.5) is 0 Å². The molecule has 0 atom stereocenters. The molecule has 0 aliphatic carbocycles. The van der Waals surface area contributed by atoms with E-state index in [1.165, 1.54) is 0 Å². The Kier molecular flexibility index (Phi) is 3.75. The fraction of sp³-hybridized carbons (Fsp3) is 0.400. The van der Waals surface area contributed by atoms with Crippen LogP contribution in [0.2, 0.25) is 0 Å². The van der Waals surface area contributed by atoms with Crippen molar-refractivity contribution in [1.29, 1.82) is 0 Å². The summed E-state index contributed by atoms with van der Waals surface area (Å²) in [6, 6.07) is 5.90. The molecule has 1 aromatic rings. The van der Waals surface area contributed by atoms with E-state index < -0.39 is 0 Å². The quantitative estimate of drug-likeness (QED) is 0.887. The van der Waals surface area contributed by atoms with E-state index in [-0.39, 0.29) is 6.10 Å². The predicted octanol–water partition coefficient (Wildman–Crippen LogP) is 2.69. The molecule has 0 aliphatic heterocycles. The zero-order valence-corrected chi connectivity index (χ0v) is 9.47. The van der Waals surface area contributed by atoms with E-state index in [1.807, 2.05) is 32.0 Å². The Morgan fingerprint density at radius 1 is 1.38 bits per heavy atom. The Balaban J connectivity index is 2.88. The molecule has 0 spiro atoms. The normalized spacial score (nSPS) is 10.5. The van der Waals surface area contributed by atoms with Gasteiger partial charge in [0.2, 0.25) is 0 Å². The van der Waals surface area contributed by atoms with Crippen LogP contribution < -0.4 is 10.5 Å². The lowest BCUT2D eigenvalue weighted by Gasteiger charge is -2.11. The van der Waals surface area contributed by atoms with Crippen molar-refractivity contribution >= 4 is 15.9 Å². The van der Waals surface area contributed by atoms with Gasteiger partial charge in [0.05, 0.1) is 6.10 Å². The molecule has 2 N–H and O–H groups in total. The lowest BCUT2D eigenvalue weighted by Crippen LogP contribution is -2.06. The molecule has 0 amide bonds. The average molecular weight is 244 g/mol. The molecule has 1 rings (SSSR count). The van der Waals surface area contributed by atoms with Gasteiger partial charge in [0.25, 0.3) is 0 Å². The van der Waals surface area contributed by atoms with Crippen LogP contribution in [0.1, 0.15) is 19.4 Å². The van der Waals surface area contributed by atoms with E-state index in [1.54, 1.807) is 0 Å². The molecule has 1 aromatic carbocycles. The molecule has 0 fully saturated rings. The third kappa shape index (κ3) is 3.36. The Morgan fingerprint density at radius 3 is 2.62 bits per heavy atom. The molecule has 0 heterocycles. The smallest absolute Gasteiger partial charge is 0.121 e. The molecule has 13 heavy (non-hydrogen) atoms. The second-order valence-corrected chi connectivity index (χ2v) is 4.08. The van der Waals surface area contributed by atoms with Gasteiger partial charge in [-0.1, -0.05) is 15.9 Å². The monoisotopic (exact) mass is 243 g/mol. The van der Waals surface area contributed by atoms with Gasteiger partial charge in [-0.2, -0.15) is 0 Å². The molecule has 0 unspecified atom stereocenters. The molecule has 0 saturated heterocycles. The molecular weight excluding hydrogens is 230 g/mol. The Labute approximate surface area is 87.2 Å². The van der Waals surface area contributed by atoms with E-state index in [2.05, 4.69) is 15.9 Å². The van der Waals surface area contributed by atoms with Crippen molar-refractivity contribution in [2.75, 3.05) is 0 Å². The van der Waals surface area contributed by atoms with Crippen molar-refractivity contribution in [3.8, 4) is 5.75 Å². The minimum Gasteiger partial charge on any atom is -0.491 e. The lowest BCUT2D eigenvalue weighted by atomic mass is 10.2. The van der Waals surface area contributed by atoms with Gasteiger partial charge in [-0.25, -0.2) is 0 Å². The van der Waals surface area contributed by atoms with Gasteiger partial charge >= 0.3 is 0 Å². The molecule has 0 saturated carbocycles. The third-order valence-electron chi connectivity index (χ3n) is 1.54. The standard InChI is InChI=1S/C10H14BrNO/c1-7(2)13-10-4-8(6-12)3-9(11)5-10/h3-5,7H,6,12H2,1-2H3. The van der Waals surface area contributed by atoms with Gasteiger partial charge in [0.1, 0.15) is 5.75 Å². The minimum absolute atomic E-state index is 0.194. The number of nitrogens with two attached hydrogens (primary N) is 1. The summed E-state index contributed by atoms with van der Waals surface area (Å²) in [4.78, 5) is 0. The maximum absolute atomic E-state index is 5.55. The largest absolute Gasteiger partial charge is 0.491 e. The number of hydrogen-bond acceptors (Lipinski definition) is 2. The summed E-state index contributed by atoms with van der Waals surface area (Å²) >= 11 is 3.41. The van der Waals surface area contributed by atoms with E-state index in [4.69, 9.17) is 10.5 Å². The second-order valence-electron chi connectivity index (χ2n) is 3.17. The maximum atomic E-state index is 5.55. The van der Waals surface area contributed by atoms with E-state index in [9.17, 15) is 0 Å². The van der Waals surface area contributed by atoms with Gasteiger partial charge in [-0.15, -0.1) is 0 Å². The second kappa shape index (κ2) is 4.63. The lowest BCUT2D eigenvalue weighted by molar-refractivity contribution is 0.242. The van der Waals surface area contributed by atoms with Crippen LogP contribution >= 0.6 is 15.9 Å². The molecule has 0 aromatic heterocycles. The topological polar surface area (TPSA) is 35.2 Å². The highest BCUT2D eigenvalue weighted by Gasteiger charge is 2.01. The molecular formula is C10H14BrNO. The first-order chi connectivity index (χ1) is 6.11. The van der Waals surface area contributed by atoms with Crippen LogP contribution in [0.15, 0.2) is 22.7 Å². The van der Waals surface area contributed by atoms with Crippen molar-refractivity contribution < 1.29 is 4.74 Å². The van der Waals surface area contributed by atoms with Crippen LogP contribution in [0.25, 0.3) is 0 Å². The minimum atomic E-state index is 0.194. The SMILES string of the molecule is CC(C)Oc1cc(Br)cc(CN)c1. The Bertz CT molecular complexity index is 286. The molecule has 0 bridgehead atoms. The highest BCUT2D eigenvalue weighted by molar-refractivity contribution is 9.10. The first-order valence-electron chi connectivity index (χ1n) is 4.28. The first-order valence-corrected chi connectivity index (χ1v) is 5.07. The summed E-state index contributed by atoms with van der Waals surface area (Å²) in [6.45, 7) is 4.54. The number of ether oxygens (including phenoxy) is 1. The summed E-state index contributed by atoms with van der Waals surface area (Å²) in [6.07, 6.45) is 0.194. The van der Waals surface area contributed by atoms with Gasteiger partial charge in [0, 0.05) is 11.0 Å². The summed E-state index contributed by atoms with van der Waals surface area (Å²) in [5.41, 5.74) is 6.62. The van der Waals surface area contributed by atoms with Gasteiger partial charge in [-0.05, 0) is 37.6 Å². The van der Waals surface area contributed by atoms with Crippen LogP contribution in [-0.4, -0.2) is 6.10 Å². The summed E-state index contributed by atoms with van der Waals surface area (Å²) in [5.74, 6) is 0.866. The fourth-order valence-corrected chi connectivity index (χ4v) is 1.60. The molecule has 3 heteroatoms. The summed E-state index contributed by atoms with van der Waals surface area (Å²) in [5, 5.41) is 0. The first kappa shape index (κ1) is 10.5. The van der Waals surface area contributed by atoms with E-state index in [0.717, 1.165) is 15.8 Å². The summed E-state index contributed by atoms with van der Waals surface area (Å²) < 4.78 is 6.56. The average Bonchev–Trinajstić information content (AvgIpc) is 2.01. The number of rotatable bonds is 3. The maximum Gasteiger partial charge on any atom is 0.121 e. The fourth-order valence-electron chi connectivity index (χ4n) is 1.08. The van der Waals surface area contributed by atoms with Crippen molar-refractivity contribution in [1.82, 2.24) is 0 Å². The van der Waals surface area contributed by atoms with Gasteiger partial charge in [0.15, 0.2) is 0 Å². The van der Waals surface area contributed by atoms with Crippen LogP contribution in [-0.2, 0) is 6.54 Å². The number of hydrogen-bond donors (Lipinski definition) is 1. The van der Waals surface area contributed by atoms with Crippen molar-refractivity contribution in [3.05, 3.63) is 28.2 Å². The van der Waals surface area contributed by atoms with Crippen LogP contribution in [0.5, 0.6) is 5.75 Å². The molecule has 72 valence electrons. The van der Waals surface area contributed by atoms with E-state index in [0.29, 0.717) is 6.54 Å². The number of halogens is 1. The van der Waals surface area contributed by atoms with Gasteiger partial charge in [-0.3, -0.25) is 0 Å². The van der Waals surface area contributed by atoms with Crippen molar-refractivity contribution in [2.24, 2.45) is 5.73 Å². The highest BCUT2D eigenvalue weighted by Crippen LogP contribution is 2.22. The van der Waals surface area contributed by atoms with Crippen molar-refractivity contribution in [3.63, 3.8) is 0 Å².